The van der Waals surface area contributed by atoms with Crippen molar-refractivity contribution in [2.45, 2.75) is 18.6 Å². The number of nitrogens with one attached hydrogen (secondary N) is 1. The van der Waals surface area contributed by atoms with Crippen molar-refractivity contribution in [2.24, 2.45) is 7.05 Å². The van der Waals surface area contributed by atoms with Crippen LogP contribution < -0.4 is 5.32 Å². The molecule has 1 aromatic heterocycles. The Kier molecular flexibility index (Phi) is 4.37. The largest absolute Gasteiger partial charge is 0.389 e. The van der Waals surface area contributed by atoms with E-state index in [1.807, 2.05) is 25.4 Å². The van der Waals surface area contributed by atoms with Gasteiger partial charge in [-0.2, -0.15) is 5.10 Å². The zero-order valence-corrected chi connectivity index (χ0v) is 14.7. The van der Waals surface area contributed by atoms with Crippen molar-refractivity contribution in [1.29, 1.82) is 0 Å². The van der Waals surface area contributed by atoms with E-state index in [9.17, 15) is 14.3 Å². The Balaban J connectivity index is 1.60. The number of rotatable bonds is 2. The number of carbonyl (C=O) groups is 1. The average Bonchev–Trinajstić information content (AvgIpc) is 3.01. The Morgan fingerprint density at radius 3 is 2.96 bits per heavy atom. The summed E-state index contributed by atoms with van der Waals surface area (Å²) in [5, 5.41) is 18.1. The summed E-state index contributed by atoms with van der Waals surface area (Å²) < 4.78 is 15.3. The van der Waals surface area contributed by atoms with Crippen molar-refractivity contribution >= 4 is 22.6 Å². The van der Waals surface area contributed by atoms with Gasteiger partial charge in [-0.15, -0.1) is 0 Å². The van der Waals surface area contributed by atoms with Crippen molar-refractivity contribution in [1.82, 2.24) is 14.7 Å². The molecule has 4 rings (SSSR count). The first-order valence-electron chi connectivity index (χ1n) is 8.64. The minimum atomic E-state index is -0.688. The lowest BCUT2D eigenvalue weighted by Crippen LogP contribution is -2.38. The van der Waals surface area contributed by atoms with Gasteiger partial charge in [0.05, 0.1) is 17.7 Å². The molecule has 0 fully saturated rings. The minimum Gasteiger partial charge on any atom is -0.389 e. The Morgan fingerprint density at radius 1 is 1.30 bits per heavy atom. The van der Waals surface area contributed by atoms with Crippen LogP contribution >= 0.6 is 0 Å². The van der Waals surface area contributed by atoms with Gasteiger partial charge in [-0.05, 0) is 42.0 Å². The van der Waals surface area contributed by atoms with Gasteiger partial charge in [0, 0.05) is 36.9 Å². The number of fused-ring (bicyclic) bond motifs is 1. The van der Waals surface area contributed by atoms with Crippen LogP contribution in [0.2, 0.25) is 0 Å². The smallest absolute Gasteiger partial charge is 0.326 e. The van der Waals surface area contributed by atoms with Gasteiger partial charge < -0.3 is 10.4 Å². The van der Waals surface area contributed by atoms with Crippen LogP contribution in [0.5, 0.6) is 0 Å². The van der Waals surface area contributed by atoms with Crippen LogP contribution in [0.15, 0.2) is 60.9 Å². The molecule has 2 aromatic carbocycles. The second-order valence-electron chi connectivity index (χ2n) is 6.63. The topological polar surface area (TPSA) is 70.4 Å². The van der Waals surface area contributed by atoms with Crippen molar-refractivity contribution in [2.75, 3.05) is 5.32 Å². The second kappa shape index (κ2) is 6.85. The number of amides is 2. The highest BCUT2D eigenvalue weighted by Crippen LogP contribution is 2.31. The van der Waals surface area contributed by atoms with E-state index in [1.54, 1.807) is 35.2 Å². The summed E-state index contributed by atoms with van der Waals surface area (Å²) in [4.78, 5) is 14.3. The van der Waals surface area contributed by atoms with Gasteiger partial charge in [0.25, 0.3) is 0 Å². The number of aryl methyl sites for hydroxylation is 1. The molecule has 138 valence electrons. The Bertz CT molecular complexity index is 1030. The van der Waals surface area contributed by atoms with E-state index in [2.05, 4.69) is 10.4 Å². The summed E-state index contributed by atoms with van der Waals surface area (Å²) in [5.74, 6) is -0.377. The molecular weight excluding hydrogens is 347 g/mol. The van der Waals surface area contributed by atoms with Crippen LogP contribution in [0.4, 0.5) is 14.9 Å². The number of aliphatic hydroxyl groups is 1. The van der Waals surface area contributed by atoms with E-state index < -0.39 is 12.1 Å². The summed E-state index contributed by atoms with van der Waals surface area (Å²) in [6.07, 6.45) is 4.60. The molecule has 27 heavy (non-hydrogen) atoms. The number of hydrogen-bond donors (Lipinski definition) is 2. The van der Waals surface area contributed by atoms with Crippen LogP contribution in [0.25, 0.3) is 10.9 Å². The zero-order valence-electron chi connectivity index (χ0n) is 14.7. The first-order chi connectivity index (χ1) is 13.0. The lowest BCUT2D eigenvalue weighted by molar-refractivity contribution is 0.146. The number of urea groups is 1. The molecule has 0 saturated carbocycles. The maximum Gasteiger partial charge on any atom is 0.326 e. The molecule has 1 unspecified atom stereocenters. The number of halogens is 1. The van der Waals surface area contributed by atoms with Gasteiger partial charge in [-0.1, -0.05) is 12.1 Å². The number of aliphatic hydroxyl groups excluding tert-OH is 1. The highest BCUT2D eigenvalue weighted by Gasteiger charge is 2.29. The third-order valence-electron chi connectivity index (χ3n) is 4.61. The number of hydrogen-bond acceptors (Lipinski definition) is 3. The standard InChI is InChI=1S/C20H19FN4O2/c1-24-12-14-5-6-16(10-18(14)23-24)22-20(27)25-8-7-17(26)11-19(25)13-3-2-4-15(21)9-13/h2-10,12,17,19,26H,11H2,1H3,(H,22,27)/t17?,19-/m0/s1. The van der Waals surface area contributed by atoms with Gasteiger partial charge in [0.15, 0.2) is 0 Å². The van der Waals surface area contributed by atoms with Crippen LogP contribution in [0, 0.1) is 5.82 Å². The van der Waals surface area contributed by atoms with Crippen molar-refractivity contribution in [3.05, 3.63) is 72.3 Å². The van der Waals surface area contributed by atoms with Crippen molar-refractivity contribution in [3.8, 4) is 0 Å². The number of benzene rings is 2. The van der Waals surface area contributed by atoms with Gasteiger partial charge in [-0.25, -0.2) is 9.18 Å². The molecule has 0 bridgehead atoms. The molecule has 0 aliphatic carbocycles. The molecule has 2 heterocycles. The number of anilines is 1. The van der Waals surface area contributed by atoms with Gasteiger partial charge in [0.1, 0.15) is 5.82 Å². The zero-order chi connectivity index (χ0) is 19.0. The maximum absolute atomic E-state index is 13.6. The Morgan fingerprint density at radius 2 is 2.15 bits per heavy atom. The molecule has 6 nitrogen and oxygen atoms in total. The quantitative estimate of drug-likeness (QED) is 0.728. The highest BCUT2D eigenvalue weighted by atomic mass is 19.1. The Hall–Kier alpha value is -3.19. The van der Waals surface area contributed by atoms with Gasteiger partial charge in [0.2, 0.25) is 0 Å². The van der Waals surface area contributed by atoms with Crippen LogP contribution in [0.3, 0.4) is 0 Å². The van der Waals surface area contributed by atoms with E-state index in [0.29, 0.717) is 17.7 Å². The molecule has 2 amide bonds. The average molecular weight is 366 g/mol. The fraction of sp³-hybridized carbons (Fsp3) is 0.200. The van der Waals surface area contributed by atoms with Crippen LogP contribution in [0.1, 0.15) is 18.0 Å². The molecule has 3 aromatic rings. The highest BCUT2D eigenvalue weighted by molar-refractivity contribution is 5.93. The number of carbonyl (C=O) groups excluding carboxylic acids is 1. The number of aromatic nitrogens is 2. The summed E-state index contributed by atoms with van der Waals surface area (Å²) >= 11 is 0. The fourth-order valence-corrected chi connectivity index (χ4v) is 3.34. The van der Waals surface area contributed by atoms with Crippen molar-refractivity contribution < 1.29 is 14.3 Å². The molecule has 2 N–H and O–H groups in total. The van der Waals surface area contributed by atoms with E-state index in [0.717, 1.165) is 10.9 Å². The first-order valence-corrected chi connectivity index (χ1v) is 8.64. The summed E-state index contributed by atoms with van der Waals surface area (Å²) in [7, 11) is 1.84. The molecular formula is C20H19FN4O2. The van der Waals surface area contributed by atoms with E-state index in [-0.39, 0.29) is 11.8 Å². The molecule has 0 saturated heterocycles. The van der Waals surface area contributed by atoms with Crippen LogP contribution in [-0.2, 0) is 7.05 Å². The number of nitrogens with zero attached hydrogens (tertiary/aromatic N) is 3. The molecule has 7 heteroatoms. The minimum absolute atomic E-state index is 0.298. The Labute approximate surface area is 155 Å². The van der Waals surface area contributed by atoms with Gasteiger partial charge >= 0.3 is 6.03 Å². The molecule has 0 radical (unpaired) electrons. The van der Waals surface area contributed by atoms with Crippen LogP contribution in [-0.4, -0.2) is 31.9 Å². The normalized spacial score (nSPS) is 19.4. The van der Waals surface area contributed by atoms with Gasteiger partial charge in [-0.3, -0.25) is 9.58 Å². The second-order valence-corrected chi connectivity index (χ2v) is 6.63. The summed E-state index contributed by atoms with van der Waals surface area (Å²) in [6.45, 7) is 0. The molecule has 0 spiro atoms. The predicted molar refractivity (Wildman–Crippen MR) is 100 cm³/mol. The fourth-order valence-electron chi connectivity index (χ4n) is 3.34. The lowest BCUT2D eigenvalue weighted by atomic mass is 9.96. The third kappa shape index (κ3) is 3.54. The molecule has 2 atom stereocenters. The van der Waals surface area contributed by atoms with E-state index in [4.69, 9.17) is 0 Å². The van der Waals surface area contributed by atoms with E-state index in [1.165, 1.54) is 17.0 Å². The monoisotopic (exact) mass is 366 g/mol. The molecule has 1 aliphatic heterocycles. The summed E-state index contributed by atoms with van der Waals surface area (Å²) in [6, 6.07) is 10.8. The van der Waals surface area contributed by atoms with Crippen molar-refractivity contribution in [3.63, 3.8) is 0 Å². The predicted octanol–water partition coefficient (Wildman–Crippen LogP) is 3.57. The maximum atomic E-state index is 13.6. The summed E-state index contributed by atoms with van der Waals surface area (Å²) in [5.41, 5.74) is 2.03. The SMILES string of the molecule is Cn1cc2ccc(NC(=O)N3C=CC(O)C[C@H]3c3cccc(F)c3)cc2n1. The molecule has 1 aliphatic rings. The first kappa shape index (κ1) is 17.2. The third-order valence-corrected chi connectivity index (χ3v) is 4.61. The van der Waals surface area contributed by atoms with E-state index >= 15 is 0 Å². The lowest BCUT2D eigenvalue weighted by Gasteiger charge is -2.33.